The van der Waals surface area contributed by atoms with Crippen LogP contribution in [0.3, 0.4) is 0 Å². The van der Waals surface area contributed by atoms with E-state index < -0.39 is 4.92 Å². The van der Waals surface area contributed by atoms with Gasteiger partial charge in [-0.3, -0.25) is 10.1 Å². The summed E-state index contributed by atoms with van der Waals surface area (Å²) in [4.78, 5) is 20.7. The Labute approximate surface area is 151 Å². The largest absolute Gasteiger partial charge is 0.364 e. The number of thiophene rings is 1. The fourth-order valence-electron chi connectivity index (χ4n) is 3.16. The first kappa shape index (κ1) is 17.6. The first-order valence-corrected chi connectivity index (χ1v) is 9.64. The number of hydrogen-bond acceptors (Lipinski definition) is 7. The Hall–Kier alpha value is -2.22. The molecular formula is C17H23N5O2S. The molecule has 7 nitrogen and oxygen atoms in total. The fourth-order valence-corrected chi connectivity index (χ4v) is 3.87. The van der Waals surface area contributed by atoms with E-state index in [4.69, 9.17) is 0 Å². The average Bonchev–Trinajstić information content (AvgIpc) is 2.98. The third-order valence-electron chi connectivity index (χ3n) is 4.44. The van der Waals surface area contributed by atoms with Crippen LogP contribution in [0.4, 0.5) is 17.3 Å². The van der Waals surface area contributed by atoms with E-state index in [-0.39, 0.29) is 17.5 Å². The number of anilines is 2. The summed E-state index contributed by atoms with van der Waals surface area (Å²) in [7, 11) is 0. The molecule has 0 bridgehead atoms. The maximum absolute atomic E-state index is 11.6. The highest BCUT2D eigenvalue weighted by atomic mass is 32.1. The minimum Gasteiger partial charge on any atom is -0.364 e. The molecule has 3 rings (SSSR count). The highest BCUT2D eigenvalue weighted by molar-refractivity contribution is 7.09. The van der Waals surface area contributed by atoms with Gasteiger partial charge in [0.05, 0.1) is 4.92 Å². The van der Waals surface area contributed by atoms with Gasteiger partial charge < -0.3 is 10.6 Å². The molecule has 1 fully saturated rings. The third-order valence-corrected chi connectivity index (χ3v) is 5.38. The van der Waals surface area contributed by atoms with Crippen molar-refractivity contribution in [3.8, 4) is 0 Å². The predicted octanol–water partition coefficient (Wildman–Crippen LogP) is 4.24. The molecule has 2 N–H and O–H groups in total. The fraction of sp³-hybridized carbons (Fsp3) is 0.529. The van der Waals surface area contributed by atoms with Gasteiger partial charge in [-0.2, -0.15) is 0 Å². The third kappa shape index (κ3) is 4.88. The zero-order valence-corrected chi connectivity index (χ0v) is 14.9. The Kier molecular flexibility index (Phi) is 6.16. The summed E-state index contributed by atoms with van der Waals surface area (Å²) in [5, 5.41) is 20.0. The SMILES string of the molecule is O=[N+]([O-])c1c(NCCc2cccs2)ncnc1NC1CCCCCC1. The Morgan fingerprint density at radius 2 is 1.96 bits per heavy atom. The van der Waals surface area contributed by atoms with Gasteiger partial charge in [0.25, 0.3) is 0 Å². The van der Waals surface area contributed by atoms with Crippen LogP contribution in [0.25, 0.3) is 0 Å². The lowest BCUT2D eigenvalue weighted by atomic mass is 10.1. The molecule has 2 aromatic rings. The summed E-state index contributed by atoms with van der Waals surface area (Å²) in [6.45, 7) is 0.598. The van der Waals surface area contributed by atoms with Crippen LogP contribution in [0.1, 0.15) is 43.4 Å². The first-order valence-electron chi connectivity index (χ1n) is 8.76. The molecule has 0 atom stereocenters. The lowest BCUT2D eigenvalue weighted by Crippen LogP contribution is -2.20. The Morgan fingerprint density at radius 3 is 2.64 bits per heavy atom. The van der Waals surface area contributed by atoms with Crippen molar-refractivity contribution in [3.63, 3.8) is 0 Å². The maximum atomic E-state index is 11.6. The van der Waals surface area contributed by atoms with Crippen LogP contribution in [-0.2, 0) is 6.42 Å². The molecule has 1 aliphatic rings. The molecular weight excluding hydrogens is 338 g/mol. The van der Waals surface area contributed by atoms with Gasteiger partial charge in [0.1, 0.15) is 6.33 Å². The molecule has 134 valence electrons. The van der Waals surface area contributed by atoms with E-state index in [0.717, 1.165) is 32.1 Å². The van der Waals surface area contributed by atoms with Gasteiger partial charge in [-0.1, -0.05) is 31.7 Å². The summed E-state index contributed by atoms with van der Waals surface area (Å²) in [6.07, 6.45) is 9.04. The maximum Gasteiger partial charge on any atom is 0.353 e. The van der Waals surface area contributed by atoms with Crippen molar-refractivity contribution < 1.29 is 4.92 Å². The van der Waals surface area contributed by atoms with Gasteiger partial charge >= 0.3 is 5.69 Å². The van der Waals surface area contributed by atoms with Crippen LogP contribution in [0, 0.1) is 10.1 Å². The summed E-state index contributed by atoms with van der Waals surface area (Å²) in [5.74, 6) is 0.609. The van der Waals surface area contributed by atoms with Crippen molar-refractivity contribution in [3.05, 3.63) is 38.8 Å². The molecule has 0 saturated heterocycles. The number of nitro groups is 1. The highest BCUT2D eigenvalue weighted by Gasteiger charge is 2.25. The Balaban J connectivity index is 1.70. The smallest absolute Gasteiger partial charge is 0.353 e. The minimum atomic E-state index is -0.396. The Morgan fingerprint density at radius 1 is 1.20 bits per heavy atom. The van der Waals surface area contributed by atoms with E-state index in [0.29, 0.717) is 12.4 Å². The molecule has 2 heterocycles. The highest BCUT2D eigenvalue weighted by Crippen LogP contribution is 2.31. The van der Waals surface area contributed by atoms with Crippen molar-refractivity contribution in [1.82, 2.24) is 9.97 Å². The van der Waals surface area contributed by atoms with Crippen molar-refractivity contribution in [2.75, 3.05) is 17.2 Å². The van der Waals surface area contributed by atoms with E-state index in [1.807, 2.05) is 11.4 Å². The number of rotatable bonds is 7. The normalized spacial score (nSPS) is 15.5. The van der Waals surface area contributed by atoms with Gasteiger partial charge in [-0.15, -0.1) is 11.3 Å². The van der Waals surface area contributed by atoms with Gasteiger partial charge in [0.15, 0.2) is 0 Å². The number of nitrogens with one attached hydrogen (secondary N) is 2. The predicted molar refractivity (Wildman–Crippen MR) is 100 cm³/mol. The second kappa shape index (κ2) is 8.75. The second-order valence-electron chi connectivity index (χ2n) is 6.27. The summed E-state index contributed by atoms with van der Waals surface area (Å²) in [5.41, 5.74) is -0.0575. The standard InChI is InChI=1S/C17H23N5O2S/c23-22(24)15-16(18-10-9-14-8-5-11-25-14)19-12-20-17(15)21-13-6-3-1-2-4-7-13/h5,8,11-13H,1-4,6-7,9-10H2,(H2,18,19,20,21). The minimum absolute atomic E-state index is 0.0575. The van der Waals surface area contributed by atoms with Crippen LogP contribution in [-0.4, -0.2) is 27.5 Å². The van der Waals surface area contributed by atoms with E-state index in [9.17, 15) is 10.1 Å². The Bertz CT molecular complexity index is 684. The lowest BCUT2D eigenvalue weighted by molar-refractivity contribution is -0.383. The summed E-state index contributed by atoms with van der Waals surface area (Å²) in [6, 6.07) is 4.30. The van der Waals surface area contributed by atoms with E-state index in [1.165, 1.54) is 24.0 Å². The van der Waals surface area contributed by atoms with Crippen LogP contribution in [0.15, 0.2) is 23.8 Å². The van der Waals surface area contributed by atoms with Crippen molar-refractivity contribution in [1.29, 1.82) is 0 Å². The van der Waals surface area contributed by atoms with Crippen LogP contribution < -0.4 is 10.6 Å². The number of aromatic nitrogens is 2. The second-order valence-corrected chi connectivity index (χ2v) is 7.30. The van der Waals surface area contributed by atoms with Crippen LogP contribution in [0.5, 0.6) is 0 Å². The van der Waals surface area contributed by atoms with Gasteiger partial charge in [0.2, 0.25) is 11.6 Å². The molecule has 0 spiro atoms. The molecule has 1 saturated carbocycles. The van der Waals surface area contributed by atoms with E-state index >= 15 is 0 Å². The molecule has 25 heavy (non-hydrogen) atoms. The molecule has 0 aliphatic heterocycles. The monoisotopic (exact) mass is 361 g/mol. The topological polar surface area (TPSA) is 93.0 Å². The van der Waals surface area contributed by atoms with E-state index in [2.05, 4.69) is 26.7 Å². The molecule has 2 aromatic heterocycles. The van der Waals surface area contributed by atoms with Gasteiger partial charge in [0, 0.05) is 17.5 Å². The van der Waals surface area contributed by atoms with Crippen LogP contribution in [0.2, 0.25) is 0 Å². The molecule has 0 amide bonds. The average molecular weight is 361 g/mol. The quantitative estimate of drug-likeness (QED) is 0.435. The number of nitrogens with zero attached hydrogens (tertiary/aromatic N) is 3. The summed E-state index contributed by atoms with van der Waals surface area (Å²) >= 11 is 1.68. The molecule has 8 heteroatoms. The van der Waals surface area contributed by atoms with Gasteiger partial charge in [-0.05, 0) is 30.7 Å². The molecule has 1 aliphatic carbocycles. The molecule has 0 aromatic carbocycles. The number of hydrogen-bond donors (Lipinski definition) is 2. The van der Waals surface area contributed by atoms with Gasteiger partial charge in [-0.25, -0.2) is 9.97 Å². The first-order chi connectivity index (χ1) is 12.2. The summed E-state index contributed by atoms with van der Waals surface area (Å²) < 4.78 is 0. The molecule has 0 unspecified atom stereocenters. The van der Waals surface area contributed by atoms with Crippen molar-refractivity contribution in [2.45, 2.75) is 51.0 Å². The molecule has 0 radical (unpaired) electrons. The van der Waals surface area contributed by atoms with Crippen molar-refractivity contribution in [2.24, 2.45) is 0 Å². The van der Waals surface area contributed by atoms with E-state index in [1.54, 1.807) is 11.3 Å². The van der Waals surface area contributed by atoms with Crippen molar-refractivity contribution >= 4 is 28.7 Å². The lowest BCUT2D eigenvalue weighted by Gasteiger charge is -2.17. The van der Waals surface area contributed by atoms with Crippen LogP contribution >= 0.6 is 11.3 Å². The zero-order valence-electron chi connectivity index (χ0n) is 14.1. The zero-order chi connectivity index (χ0) is 17.5.